The molecule has 2 bridgehead atoms. The Labute approximate surface area is 173 Å². The van der Waals surface area contributed by atoms with Crippen LogP contribution in [0.5, 0.6) is 0 Å². The first kappa shape index (κ1) is 18.5. The summed E-state index contributed by atoms with van der Waals surface area (Å²) in [7, 11) is 1.77. The maximum absolute atomic E-state index is 13.3. The summed E-state index contributed by atoms with van der Waals surface area (Å²) in [6.45, 7) is 3.53. The molecule has 0 saturated carbocycles. The van der Waals surface area contributed by atoms with E-state index < -0.39 is 17.4 Å². The second kappa shape index (κ2) is 6.78. The topological polar surface area (TPSA) is 62.7 Å². The number of carbonyl (C=O) groups is 2. The van der Waals surface area contributed by atoms with Crippen molar-refractivity contribution in [3.05, 3.63) is 64.1 Å². The molecule has 2 saturated heterocycles. The molecule has 2 fully saturated rings. The minimum atomic E-state index is -0.673. The number of aromatic nitrogens is 1. The summed E-state index contributed by atoms with van der Waals surface area (Å²) in [6, 6.07) is 8.18. The average Bonchev–Trinajstić information content (AvgIpc) is 3.45. The van der Waals surface area contributed by atoms with Gasteiger partial charge in [0.05, 0.1) is 31.0 Å². The van der Waals surface area contributed by atoms with E-state index in [1.54, 1.807) is 18.1 Å². The van der Waals surface area contributed by atoms with E-state index in [0.717, 1.165) is 10.6 Å². The van der Waals surface area contributed by atoms with Gasteiger partial charge in [-0.25, -0.2) is 4.98 Å². The fourth-order valence-electron chi connectivity index (χ4n) is 4.89. The Morgan fingerprint density at radius 1 is 1.45 bits per heavy atom. The number of nitrogens with zero attached hydrogens (tertiary/aromatic N) is 3. The van der Waals surface area contributed by atoms with E-state index in [0.29, 0.717) is 19.6 Å². The predicted molar refractivity (Wildman–Crippen MR) is 109 cm³/mol. The van der Waals surface area contributed by atoms with Crippen LogP contribution in [-0.2, 0) is 27.4 Å². The number of rotatable bonds is 5. The van der Waals surface area contributed by atoms with Gasteiger partial charge in [0.25, 0.3) is 0 Å². The molecule has 29 heavy (non-hydrogen) atoms. The van der Waals surface area contributed by atoms with Crippen molar-refractivity contribution in [2.24, 2.45) is 11.8 Å². The Bertz CT molecular complexity index is 989. The zero-order valence-corrected chi connectivity index (χ0v) is 17.3. The summed E-state index contributed by atoms with van der Waals surface area (Å²) >= 11 is 1.52. The van der Waals surface area contributed by atoms with Crippen molar-refractivity contribution in [3.63, 3.8) is 0 Å². The van der Waals surface area contributed by atoms with Crippen LogP contribution in [0, 0.1) is 18.8 Å². The molecule has 1 spiro atoms. The molecule has 1 aromatic carbocycles. The molecule has 4 heterocycles. The minimum absolute atomic E-state index is 0.0133. The zero-order chi connectivity index (χ0) is 20.2. The highest BCUT2D eigenvalue weighted by atomic mass is 32.1. The van der Waals surface area contributed by atoms with Gasteiger partial charge in [-0.3, -0.25) is 9.59 Å². The van der Waals surface area contributed by atoms with Crippen molar-refractivity contribution in [2.45, 2.75) is 31.7 Å². The lowest BCUT2D eigenvalue weighted by Crippen LogP contribution is -2.44. The molecule has 0 aliphatic carbocycles. The summed E-state index contributed by atoms with van der Waals surface area (Å²) in [5.74, 6) is -0.958. The largest absolute Gasteiger partial charge is 0.360 e. The van der Waals surface area contributed by atoms with Gasteiger partial charge in [-0.15, -0.1) is 11.3 Å². The van der Waals surface area contributed by atoms with E-state index in [9.17, 15) is 9.59 Å². The SMILES string of the molecule is Cc1cccc(CN2C[C@]34C=C[C@H](O3)[C@@H](C(=O)N(C)Cc3nccs3)[C@@H]4C2=O)c1. The van der Waals surface area contributed by atoms with Crippen molar-refractivity contribution < 1.29 is 14.3 Å². The Hall–Kier alpha value is -2.51. The van der Waals surface area contributed by atoms with Crippen molar-refractivity contribution in [3.8, 4) is 0 Å². The highest BCUT2D eigenvalue weighted by Crippen LogP contribution is 2.52. The number of thiazole rings is 1. The number of benzene rings is 1. The number of ether oxygens (including phenoxy) is 1. The van der Waals surface area contributed by atoms with E-state index in [2.05, 4.69) is 11.1 Å². The highest BCUT2D eigenvalue weighted by molar-refractivity contribution is 7.09. The lowest BCUT2D eigenvalue weighted by molar-refractivity contribution is -0.142. The molecular weight excluding hydrogens is 386 g/mol. The second-order valence-electron chi connectivity index (χ2n) is 8.20. The van der Waals surface area contributed by atoms with Gasteiger partial charge in [0.15, 0.2) is 0 Å². The third-order valence-corrected chi connectivity index (χ3v) is 6.92. The van der Waals surface area contributed by atoms with Crippen molar-refractivity contribution in [2.75, 3.05) is 13.6 Å². The summed E-state index contributed by atoms with van der Waals surface area (Å²) in [5.41, 5.74) is 1.59. The molecule has 6 nitrogen and oxygen atoms in total. The molecule has 0 N–H and O–H groups in total. The van der Waals surface area contributed by atoms with Gasteiger partial charge in [-0.1, -0.05) is 42.0 Å². The average molecular weight is 410 g/mol. The fraction of sp³-hybridized carbons (Fsp3) is 0.409. The Morgan fingerprint density at radius 3 is 3.07 bits per heavy atom. The Balaban J connectivity index is 1.37. The molecule has 150 valence electrons. The lowest BCUT2D eigenvalue weighted by Gasteiger charge is -2.27. The first-order chi connectivity index (χ1) is 14.0. The number of carbonyl (C=O) groups excluding carboxylic acids is 2. The fourth-order valence-corrected chi connectivity index (χ4v) is 5.56. The van der Waals surface area contributed by atoms with Gasteiger partial charge in [0, 0.05) is 25.2 Å². The maximum Gasteiger partial charge on any atom is 0.230 e. The molecule has 0 unspecified atom stereocenters. The normalized spacial score (nSPS) is 29.5. The zero-order valence-electron chi connectivity index (χ0n) is 16.4. The highest BCUT2D eigenvalue weighted by Gasteiger charge is 2.67. The predicted octanol–water partition coefficient (Wildman–Crippen LogP) is 2.39. The standard InChI is InChI=1S/C22H23N3O3S/c1-14-4-3-5-15(10-14)11-25-13-22-7-6-16(28-22)18(19(22)21(25)27)20(26)24(2)12-17-23-8-9-29-17/h3-10,16,18-19H,11-13H2,1-2H3/t16-,18+,19+,22-/m0/s1. The number of hydrogen-bond acceptors (Lipinski definition) is 5. The van der Waals surface area contributed by atoms with Crippen molar-refractivity contribution >= 4 is 23.2 Å². The van der Waals surface area contributed by atoms with E-state index in [4.69, 9.17) is 4.74 Å². The first-order valence-electron chi connectivity index (χ1n) is 9.82. The third kappa shape index (κ3) is 3.00. The number of fused-ring (bicyclic) bond motifs is 1. The first-order valence-corrected chi connectivity index (χ1v) is 10.7. The summed E-state index contributed by atoms with van der Waals surface area (Å²) in [6.07, 6.45) is 5.37. The Morgan fingerprint density at radius 2 is 2.31 bits per heavy atom. The van der Waals surface area contributed by atoms with Crippen LogP contribution in [0.15, 0.2) is 48.0 Å². The number of hydrogen-bond donors (Lipinski definition) is 0. The van der Waals surface area contributed by atoms with Crippen LogP contribution in [-0.4, -0.2) is 51.9 Å². The summed E-state index contributed by atoms with van der Waals surface area (Å²) in [4.78, 5) is 34.4. The van der Waals surface area contributed by atoms with Crippen molar-refractivity contribution in [1.29, 1.82) is 0 Å². The van der Waals surface area contributed by atoms with Gasteiger partial charge in [0.2, 0.25) is 11.8 Å². The van der Waals surface area contributed by atoms with Crippen LogP contribution in [0.1, 0.15) is 16.1 Å². The van der Waals surface area contributed by atoms with E-state index >= 15 is 0 Å². The van der Waals surface area contributed by atoms with Crippen LogP contribution >= 0.6 is 11.3 Å². The third-order valence-electron chi connectivity index (χ3n) is 6.15. The van der Waals surface area contributed by atoms with Gasteiger partial charge < -0.3 is 14.5 Å². The summed E-state index contributed by atoms with van der Waals surface area (Å²) < 4.78 is 6.23. The van der Waals surface area contributed by atoms with Crippen LogP contribution in [0.4, 0.5) is 0 Å². The quantitative estimate of drug-likeness (QED) is 0.712. The maximum atomic E-state index is 13.3. The molecule has 0 radical (unpaired) electrons. The molecule has 3 aliphatic rings. The van der Waals surface area contributed by atoms with Gasteiger partial charge in [0.1, 0.15) is 10.6 Å². The van der Waals surface area contributed by atoms with Crippen LogP contribution in [0.2, 0.25) is 0 Å². The van der Waals surface area contributed by atoms with E-state index in [1.165, 1.54) is 16.9 Å². The monoisotopic (exact) mass is 409 g/mol. The van der Waals surface area contributed by atoms with E-state index in [1.807, 2.05) is 47.6 Å². The molecule has 5 rings (SSSR count). The molecule has 2 aromatic rings. The van der Waals surface area contributed by atoms with Crippen LogP contribution in [0.25, 0.3) is 0 Å². The molecule has 4 atom stereocenters. The van der Waals surface area contributed by atoms with Crippen LogP contribution in [0.3, 0.4) is 0 Å². The summed E-state index contributed by atoms with van der Waals surface area (Å²) in [5, 5.41) is 2.78. The molecule has 2 amide bonds. The van der Waals surface area contributed by atoms with Crippen LogP contribution < -0.4 is 0 Å². The van der Waals surface area contributed by atoms with Crippen molar-refractivity contribution in [1.82, 2.24) is 14.8 Å². The minimum Gasteiger partial charge on any atom is -0.360 e. The molecular formula is C22H23N3O3S. The Kier molecular flexibility index (Phi) is 4.33. The number of likely N-dealkylation sites (tertiary alicyclic amines) is 1. The molecule has 3 aliphatic heterocycles. The second-order valence-corrected chi connectivity index (χ2v) is 9.18. The molecule has 1 aromatic heterocycles. The lowest BCUT2D eigenvalue weighted by atomic mass is 9.76. The van der Waals surface area contributed by atoms with Gasteiger partial charge >= 0.3 is 0 Å². The van der Waals surface area contributed by atoms with E-state index in [-0.39, 0.29) is 17.9 Å². The van der Waals surface area contributed by atoms with Gasteiger partial charge in [-0.2, -0.15) is 0 Å². The smallest absolute Gasteiger partial charge is 0.230 e. The number of amides is 2. The van der Waals surface area contributed by atoms with Gasteiger partial charge in [-0.05, 0) is 12.5 Å². The number of aryl methyl sites for hydroxylation is 1. The molecule has 7 heteroatoms.